The Kier molecular flexibility index (Phi) is 3.43. The second kappa shape index (κ2) is 4.69. The fourth-order valence-electron chi connectivity index (χ4n) is 1.49. The summed E-state index contributed by atoms with van der Waals surface area (Å²) in [4.78, 5) is 15.2. The van der Waals surface area contributed by atoms with E-state index in [1.807, 2.05) is 0 Å². The number of rotatable bonds is 1. The molecule has 0 bridgehead atoms. The molecule has 2 rings (SSSR count). The molecule has 0 fully saturated rings. The molecule has 2 aromatic rings. The number of amides is 1. The zero-order valence-electron chi connectivity index (χ0n) is 8.72. The fraction of sp³-hybridized carbons (Fsp3) is 0.0909. The summed E-state index contributed by atoms with van der Waals surface area (Å²) >= 11 is 17.9. The Morgan fingerprint density at radius 3 is 2.59 bits per heavy atom. The first-order chi connectivity index (χ1) is 7.99. The van der Waals surface area contributed by atoms with Crippen LogP contribution in [-0.4, -0.2) is 10.9 Å². The molecule has 0 aliphatic heterocycles. The van der Waals surface area contributed by atoms with Crippen LogP contribution in [0.4, 0.5) is 5.69 Å². The number of hydrogen-bond acceptors (Lipinski definition) is 2. The van der Waals surface area contributed by atoms with Gasteiger partial charge in [0, 0.05) is 18.5 Å². The molecule has 0 aliphatic rings. The number of nitrogens with one attached hydrogen (secondary N) is 1. The Bertz CT molecular complexity index is 613. The highest BCUT2D eigenvalue weighted by atomic mass is 35.5. The summed E-state index contributed by atoms with van der Waals surface area (Å²) < 4.78 is 0. The lowest BCUT2D eigenvalue weighted by Gasteiger charge is -2.10. The predicted molar refractivity (Wildman–Crippen MR) is 71.1 cm³/mol. The van der Waals surface area contributed by atoms with Crippen molar-refractivity contribution in [3.8, 4) is 0 Å². The summed E-state index contributed by atoms with van der Waals surface area (Å²) in [5.41, 5.74) is 0.956. The summed E-state index contributed by atoms with van der Waals surface area (Å²) in [5, 5.41) is 4.52. The van der Waals surface area contributed by atoms with Crippen LogP contribution in [0, 0.1) is 0 Å². The molecule has 1 aromatic carbocycles. The van der Waals surface area contributed by atoms with Gasteiger partial charge in [-0.05, 0) is 12.1 Å². The Balaban J connectivity index is 2.78. The van der Waals surface area contributed by atoms with Gasteiger partial charge in [0.1, 0.15) is 0 Å². The van der Waals surface area contributed by atoms with Crippen molar-refractivity contribution in [2.24, 2.45) is 0 Å². The van der Waals surface area contributed by atoms with Crippen molar-refractivity contribution in [3.63, 3.8) is 0 Å². The normalized spacial score (nSPS) is 10.6. The number of pyridine rings is 1. The maximum absolute atomic E-state index is 11.1. The van der Waals surface area contributed by atoms with Crippen LogP contribution >= 0.6 is 34.8 Å². The van der Waals surface area contributed by atoms with E-state index in [1.54, 1.807) is 12.1 Å². The number of halogens is 3. The highest BCUT2D eigenvalue weighted by molar-refractivity contribution is 6.41. The van der Waals surface area contributed by atoms with Crippen molar-refractivity contribution in [2.45, 2.75) is 6.92 Å². The molecule has 0 saturated carbocycles. The van der Waals surface area contributed by atoms with Crippen LogP contribution < -0.4 is 5.32 Å². The van der Waals surface area contributed by atoms with Crippen LogP contribution in [0.5, 0.6) is 0 Å². The summed E-state index contributed by atoms with van der Waals surface area (Å²) in [6.45, 7) is 1.40. The van der Waals surface area contributed by atoms with E-state index < -0.39 is 0 Å². The molecule has 0 atom stereocenters. The first-order valence-electron chi connectivity index (χ1n) is 4.70. The average Bonchev–Trinajstić information content (AvgIpc) is 2.24. The molecular weight excluding hydrogens is 282 g/mol. The number of anilines is 1. The molecule has 1 aromatic heterocycles. The van der Waals surface area contributed by atoms with E-state index in [0.717, 1.165) is 0 Å². The Hall–Kier alpha value is -1.03. The molecule has 0 saturated heterocycles. The van der Waals surface area contributed by atoms with Crippen LogP contribution in [0.3, 0.4) is 0 Å². The van der Waals surface area contributed by atoms with Crippen LogP contribution in [-0.2, 0) is 4.79 Å². The fourth-order valence-corrected chi connectivity index (χ4v) is 2.20. The van der Waals surface area contributed by atoms with Crippen LogP contribution in [0.2, 0.25) is 15.1 Å². The first-order valence-corrected chi connectivity index (χ1v) is 5.83. The minimum absolute atomic E-state index is 0.229. The lowest BCUT2D eigenvalue weighted by molar-refractivity contribution is -0.114. The third-order valence-electron chi connectivity index (χ3n) is 2.14. The number of nitrogens with zero attached hydrogens (tertiary/aromatic N) is 1. The van der Waals surface area contributed by atoms with Gasteiger partial charge < -0.3 is 5.32 Å². The van der Waals surface area contributed by atoms with E-state index in [0.29, 0.717) is 31.7 Å². The number of hydrogen-bond donors (Lipinski definition) is 1. The van der Waals surface area contributed by atoms with Crippen molar-refractivity contribution in [2.75, 3.05) is 5.32 Å². The third kappa shape index (κ3) is 2.46. The van der Waals surface area contributed by atoms with Gasteiger partial charge in [0.05, 0.1) is 26.3 Å². The molecule has 3 nitrogen and oxygen atoms in total. The van der Waals surface area contributed by atoms with Crippen LogP contribution in [0.25, 0.3) is 10.9 Å². The number of aromatic nitrogens is 1. The Morgan fingerprint density at radius 2 is 1.94 bits per heavy atom. The molecule has 1 N–H and O–H groups in total. The third-order valence-corrected chi connectivity index (χ3v) is 2.96. The van der Waals surface area contributed by atoms with Gasteiger partial charge in [0.2, 0.25) is 5.91 Å². The predicted octanol–water partition coefficient (Wildman–Crippen LogP) is 4.15. The molecule has 0 spiro atoms. The van der Waals surface area contributed by atoms with Gasteiger partial charge in [-0.1, -0.05) is 34.8 Å². The first kappa shape index (κ1) is 12.4. The van der Waals surface area contributed by atoms with Crippen molar-refractivity contribution < 1.29 is 4.79 Å². The van der Waals surface area contributed by atoms with Crippen molar-refractivity contribution in [1.29, 1.82) is 0 Å². The Labute approximate surface area is 113 Å². The molecule has 1 amide bonds. The number of benzene rings is 1. The summed E-state index contributed by atoms with van der Waals surface area (Å²) in [6.07, 6.45) is 1.47. The highest BCUT2D eigenvalue weighted by Gasteiger charge is 2.12. The van der Waals surface area contributed by atoms with Gasteiger partial charge in [-0.15, -0.1) is 0 Å². The molecular formula is C11H7Cl3N2O. The Morgan fingerprint density at radius 1 is 1.24 bits per heavy atom. The van der Waals surface area contributed by atoms with Gasteiger partial charge in [-0.25, -0.2) is 0 Å². The van der Waals surface area contributed by atoms with E-state index in [-0.39, 0.29) is 5.91 Å². The maximum Gasteiger partial charge on any atom is 0.221 e. The summed E-state index contributed by atoms with van der Waals surface area (Å²) in [5.74, 6) is -0.229. The molecule has 0 unspecified atom stereocenters. The molecule has 1 heterocycles. The van der Waals surface area contributed by atoms with E-state index in [1.165, 1.54) is 13.1 Å². The second-order valence-corrected chi connectivity index (χ2v) is 4.70. The monoisotopic (exact) mass is 288 g/mol. The van der Waals surface area contributed by atoms with Gasteiger partial charge in [0.25, 0.3) is 0 Å². The summed E-state index contributed by atoms with van der Waals surface area (Å²) in [6, 6.07) is 3.22. The minimum Gasteiger partial charge on any atom is -0.323 e. The number of fused-ring (bicyclic) bond motifs is 1. The zero-order valence-corrected chi connectivity index (χ0v) is 11.0. The summed E-state index contributed by atoms with van der Waals surface area (Å²) in [7, 11) is 0. The van der Waals surface area contributed by atoms with E-state index in [4.69, 9.17) is 34.8 Å². The minimum atomic E-state index is -0.229. The standard InChI is InChI=1S/C11H7Cl3N2O/c1-5(17)16-11-9(14)3-8(13)7-2-6(12)4-15-10(7)11/h2-4H,1H3,(H,16,17). The lowest BCUT2D eigenvalue weighted by atomic mass is 10.2. The number of carbonyl (C=O) groups is 1. The number of carbonyl (C=O) groups excluding carboxylic acids is 1. The molecule has 0 radical (unpaired) electrons. The van der Waals surface area contributed by atoms with E-state index in [9.17, 15) is 4.79 Å². The van der Waals surface area contributed by atoms with Crippen molar-refractivity contribution in [3.05, 3.63) is 33.4 Å². The lowest BCUT2D eigenvalue weighted by Crippen LogP contribution is -2.07. The molecule has 88 valence electrons. The van der Waals surface area contributed by atoms with Gasteiger partial charge in [-0.3, -0.25) is 9.78 Å². The van der Waals surface area contributed by atoms with Crippen LogP contribution in [0.15, 0.2) is 18.3 Å². The van der Waals surface area contributed by atoms with E-state index >= 15 is 0 Å². The smallest absolute Gasteiger partial charge is 0.221 e. The van der Waals surface area contributed by atoms with Gasteiger partial charge >= 0.3 is 0 Å². The van der Waals surface area contributed by atoms with Crippen LogP contribution in [0.1, 0.15) is 6.92 Å². The maximum atomic E-state index is 11.1. The molecule has 0 aliphatic carbocycles. The topological polar surface area (TPSA) is 42.0 Å². The zero-order chi connectivity index (χ0) is 12.6. The molecule has 6 heteroatoms. The van der Waals surface area contributed by atoms with Gasteiger partial charge in [0.15, 0.2) is 0 Å². The average molecular weight is 290 g/mol. The highest BCUT2D eigenvalue weighted by Crippen LogP contribution is 2.36. The largest absolute Gasteiger partial charge is 0.323 e. The van der Waals surface area contributed by atoms with E-state index in [2.05, 4.69) is 10.3 Å². The van der Waals surface area contributed by atoms with Crippen molar-refractivity contribution in [1.82, 2.24) is 4.98 Å². The second-order valence-electron chi connectivity index (χ2n) is 3.45. The van der Waals surface area contributed by atoms with Gasteiger partial charge in [-0.2, -0.15) is 0 Å². The quantitative estimate of drug-likeness (QED) is 0.856. The SMILES string of the molecule is CC(=O)Nc1c(Cl)cc(Cl)c2cc(Cl)cnc12. The molecule has 17 heavy (non-hydrogen) atoms. The van der Waals surface area contributed by atoms with Crippen molar-refractivity contribution >= 4 is 57.3 Å².